The first kappa shape index (κ1) is 12.9. The van der Waals surface area contributed by atoms with E-state index in [1.54, 1.807) is 29.2 Å². The molecule has 0 radical (unpaired) electrons. The smallest absolute Gasteiger partial charge is 0.253 e. The predicted molar refractivity (Wildman–Crippen MR) is 66.5 cm³/mol. The Morgan fingerprint density at radius 2 is 2.28 bits per heavy atom. The van der Waals surface area contributed by atoms with Gasteiger partial charge in [0.05, 0.1) is 12.1 Å². The molecule has 1 unspecified atom stereocenters. The molecule has 1 saturated heterocycles. The van der Waals surface area contributed by atoms with E-state index in [0.29, 0.717) is 18.7 Å². The number of ether oxygens (including phenoxy) is 1. The van der Waals surface area contributed by atoms with Crippen LogP contribution in [0.1, 0.15) is 13.3 Å². The van der Waals surface area contributed by atoms with E-state index in [1.807, 2.05) is 6.92 Å². The van der Waals surface area contributed by atoms with Crippen LogP contribution < -0.4 is 4.90 Å². The minimum Gasteiger partial charge on any atom is -0.508 e. The lowest BCUT2D eigenvalue weighted by atomic mass is 9.99. The maximum absolute atomic E-state index is 11.9. The Hall–Kier alpha value is -1.59. The molecule has 18 heavy (non-hydrogen) atoms. The van der Waals surface area contributed by atoms with Crippen LogP contribution in [-0.4, -0.2) is 41.5 Å². The monoisotopic (exact) mass is 251 g/mol. The van der Waals surface area contributed by atoms with Crippen LogP contribution in [0.5, 0.6) is 5.75 Å². The molecule has 1 heterocycles. The third kappa shape index (κ3) is 2.63. The zero-order valence-electron chi connectivity index (χ0n) is 10.3. The lowest BCUT2D eigenvalue weighted by Crippen LogP contribution is -2.53. The number of aromatic hydroxyl groups is 1. The van der Waals surface area contributed by atoms with Crippen molar-refractivity contribution in [3.05, 3.63) is 24.3 Å². The second kappa shape index (κ2) is 4.96. The molecule has 1 amide bonds. The average Bonchev–Trinajstić information content (AvgIpc) is 2.33. The van der Waals surface area contributed by atoms with Crippen molar-refractivity contribution < 1.29 is 19.7 Å². The summed E-state index contributed by atoms with van der Waals surface area (Å²) in [5.41, 5.74) is 0.0983. The molecule has 1 fully saturated rings. The van der Waals surface area contributed by atoms with E-state index in [1.165, 1.54) is 0 Å². The lowest BCUT2D eigenvalue weighted by molar-refractivity contribution is -0.138. The number of benzene rings is 1. The molecule has 1 aromatic carbocycles. The van der Waals surface area contributed by atoms with E-state index in [9.17, 15) is 9.90 Å². The number of phenols is 1. The van der Waals surface area contributed by atoms with E-state index in [4.69, 9.17) is 9.84 Å². The summed E-state index contributed by atoms with van der Waals surface area (Å²) in [6, 6.07) is 6.56. The maximum atomic E-state index is 11.9. The van der Waals surface area contributed by atoms with Gasteiger partial charge in [-0.1, -0.05) is 6.07 Å². The van der Waals surface area contributed by atoms with Gasteiger partial charge in [0.2, 0.25) is 0 Å². The normalized spacial score (nSPS) is 24.3. The van der Waals surface area contributed by atoms with Gasteiger partial charge in [-0.05, 0) is 19.1 Å². The number of carbonyl (C=O) groups is 1. The second-order valence-corrected chi connectivity index (χ2v) is 4.71. The summed E-state index contributed by atoms with van der Waals surface area (Å²) in [5.74, 6) is -0.0216. The fourth-order valence-electron chi connectivity index (χ4n) is 2.07. The van der Waals surface area contributed by atoms with Gasteiger partial charge >= 0.3 is 0 Å². The first-order chi connectivity index (χ1) is 8.54. The minimum atomic E-state index is -0.547. The number of aliphatic hydroxyl groups excluding tert-OH is 1. The van der Waals surface area contributed by atoms with Gasteiger partial charge in [-0.25, -0.2) is 0 Å². The molecule has 0 aromatic heterocycles. The van der Waals surface area contributed by atoms with Crippen molar-refractivity contribution >= 4 is 11.6 Å². The molecule has 1 aliphatic rings. The summed E-state index contributed by atoms with van der Waals surface area (Å²) < 4.78 is 5.49. The molecule has 0 spiro atoms. The van der Waals surface area contributed by atoms with Crippen LogP contribution in [0.4, 0.5) is 5.69 Å². The Balaban J connectivity index is 2.23. The zero-order valence-corrected chi connectivity index (χ0v) is 10.3. The van der Waals surface area contributed by atoms with Gasteiger partial charge in [0.15, 0.2) is 0 Å². The number of hydrogen-bond acceptors (Lipinski definition) is 4. The van der Waals surface area contributed by atoms with Crippen molar-refractivity contribution in [1.82, 2.24) is 0 Å². The molecule has 5 heteroatoms. The fraction of sp³-hybridized carbons (Fsp3) is 0.462. The van der Waals surface area contributed by atoms with E-state index in [2.05, 4.69) is 0 Å². The van der Waals surface area contributed by atoms with Gasteiger partial charge < -0.3 is 19.8 Å². The Labute approximate surface area is 106 Å². The SMILES string of the molecule is CC1(CCO)CN(c2cccc(O)c2)C(=O)CO1. The van der Waals surface area contributed by atoms with Crippen LogP contribution in [0.2, 0.25) is 0 Å². The highest BCUT2D eigenvalue weighted by atomic mass is 16.5. The van der Waals surface area contributed by atoms with E-state index in [0.717, 1.165) is 0 Å². The Morgan fingerprint density at radius 3 is 2.94 bits per heavy atom. The second-order valence-electron chi connectivity index (χ2n) is 4.71. The van der Waals surface area contributed by atoms with Crippen molar-refractivity contribution in [3.63, 3.8) is 0 Å². The van der Waals surface area contributed by atoms with Crippen molar-refractivity contribution in [1.29, 1.82) is 0 Å². The number of hydrogen-bond donors (Lipinski definition) is 2. The number of nitrogens with zero attached hydrogens (tertiary/aromatic N) is 1. The largest absolute Gasteiger partial charge is 0.508 e. The minimum absolute atomic E-state index is 0.00778. The molecule has 98 valence electrons. The number of carbonyl (C=O) groups excluding carboxylic acids is 1. The van der Waals surface area contributed by atoms with Crippen molar-refractivity contribution in [2.24, 2.45) is 0 Å². The van der Waals surface area contributed by atoms with E-state index < -0.39 is 5.60 Å². The van der Waals surface area contributed by atoms with Gasteiger partial charge in [0, 0.05) is 24.8 Å². The van der Waals surface area contributed by atoms with Crippen LogP contribution in [0.3, 0.4) is 0 Å². The standard InChI is InChI=1S/C13H17NO4/c1-13(5-6-15)9-14(12(17)8-18-13)10-3-2-4-11(16)7-10/h2-4,7,15-16H,5-6,8-9H2,1H3. The number of rotatable bonds is 3. The Kier molecular flexibility index (Phi) is 3.54. The highest BCUT2D eigenvalue weighted by Crippen LogP contribution is 2.28. The Bertz CT molecular complexity index is 448. The first-order valence-electron chi connectivity index (χ1n) is 5.88. The van der Waals surface area contributed by atoms with Crippen molar-refractivity contribution in [3.8, 4) is 5.75 Å². The highest BCUT2D eigenvalue weighted by molar-refractivity contribution is 5.95. The van der Waals surface area contributed by atoms with Crippen LogP contribution in [-0.2, 0) is 9.53 Å². The van der Waals surface area contributed by atoms with E-state index in [-0.39, 0.29) is 24.9 Å². The lowest BCUT2D eigenvalue weighted by Gasteiger charge is -2.40. The Morgan fingerprint density at radius 1 is 1.50 bits per heavy atom. The van der Waals surface area contributed by atoms with Gasteiger partial charge in [0.1, 0.15) is 12.4 Å². The van der Waals surface area contributed by atoms with Gasteiger partial charge in [-0.3, -0.25) is 4.79 Å². The van der Waals surface area contributed by atoms with E-state index >= 15 is 0 Å². The molecule has 1 aromatic rings. The van der Waals surface area contributed by atoms with Crippen molar-refractivity contribution in [2.45, 2.75) is 18.9 Å². The summed E-state index contributed by atoms with van der Waals surface area (Å²) >= 11 is 0. The average molecular weight is 251 g/mol. The number of phenolic OH excluding ortho intramolecular Hbond substituents is 1. The number of amides is 1. The molecule has 5 nitrogen and oxygen atoms in total. The highest BCUT2D eigenvalue weighted by Gasteiger charge is 2.36. The molecular formula is C13H17NO4. The summed E-state index contributed by atoms with van der Waals surface area (Å²) in [7, 11) is 0. The molecular weight excluding hydrogens is 234 g/mol. The van der Waals surface area contributed by atoms with Gasteiger partial charge in [-0.2, -0.15) is 0 Å². The molecule has 1 aliphatic heterocycles. The molecule has 0 aliphatic carbocycles. The zero-order chi connectivity index (χ0) is 13.2. The predicted octanol–water partition coefficient (Wildman–Crippen LogP) is 0.897. The quantitative estimate of drug-likeness (QED) is 0.837. The molecule has 2 rings (SSSR count). The molecule has 1 atom stereocenters. The van der Waals surface area contributed by atoms with Gasteiger partial charge in [0.25, 0.3) is 5.91 Å². The summed E-state index contributed by atoms with van der Waals surface area (Å²) in [5, 5.41) is 18.5. The number of anilines is 1. The van der Waals surface area contributed by atoms with Gasteiger partial charge in [-0.15, -0.1) is 0 Å². The number of morpholine rings is 1. The van der Waals surface area contributed by atoms with Crippen LogP contribution >= 0.6 is 0 Å². The van der Waals surface area contributed by atoms with Crippen LogP contribution in [0.25, 0.3) is 0 Å². The summed E-state index contributed by atoms with van der Waals surface area (Å²) in [4.78, 5) is 13.4. The first-order valence-corrected chi connectivity index (χ1v) is 5.88. The maximum Gasteiger partial charge on any atom is 0.253 e. The third-order valence-electron chi connectivity index (χ3n) is 3.12. The topological polar surface area (TPSA) is 70.0 Å². The summed E-state index contributed by atoms with van der Waals surface area (Å²) in [6.45, 7) is 2.24. The number of aliphatic hydroxyl groups is 1. The molecule has 0 bridgehead atoms. The fourth-order valence-corrected chi connectivity index (χ4v) is 2.07. The molecule has 2 N–H and O–H groups in total. The summed E-state index contributed by atoms with van der Waals surface area (Å²) in [6.07, 6.45) is 0.468. The van der Waals surface area contributed by atoms with Crippen LogP contribution in [0, 0.1) is 0 Å². The van der Waals surface area contributed by atoms with Crippen molar-refractivity contribution in [2.75, 3.05) is 24.7 Å². The van der Waals surface area contributed by atoms with Crippen LogP contribution in [0.15, 0.2) is 24.3 Å². The molecule has 0 saturated carbocycles. The third-order valence-corrected chi connectivity index (χ3v) is 3.12.